The molecular weight excluding hydrogens is 464 g/mol. The summed E-state index contributed by atoms with van der Waals surface area (Å²) in [5.74, 6) is 0.479. The monoisotopic (exact) mass is 494 g/mol. The van der Waals surface area contributed by atoms with E-state index in [-0.39, 0.29) is 5.43 Å². The number of nitrogens with zero attached hydrogens (tertiary/aromatic N) is 1. The van der Waals surface area contributed by atoms with E-state index in [1.165, 1.54) is 0 Å². The smallest absolute Gasteiger partial charge is 0.408 e. The molecule has 5 rings (SSSR count). The number of amides is 1. The Labute approximate surface area is 216 Å². The summed E-state index contributed by atoms with van der Waals surface area (Å²) in [4.78, 5) is 30.7. The van der Waals surface area contributed by atoms with Gasteiger partial charge in [-0.3, -0.25) is 9.78 Å². The number of carbonyl (C=O) groups excluding carboxylic acids is 1. The first kappa shape index (κ1) is 24.5. The van der Waals surface area contributed by atoms with Crippen molar-refractivity contribution in [1.29, 1.82) is 0 Å². The van der Waals surface area contributed by atoms with Crippen molar-refractivity contribution in [2.45, 2.75) is 51.2 Å². The molecule has 1 aliphatic carbocycles. The lowest BCUT2D eigenvalue weighted by atomic mass is 9.71. The van der Waals surface area contributed by atoms with Crippen molar-refractivity contribution in [2.75, 3.05) is 0 Å². The second kappa shape index (κ2) is 9.36. The molecular formula is C31H30N2O4. The third-order valence-electron chi connectivity index (χ3n) is 6.74. The molecule has 0 aliphatic heterocycles. The maximum Gasteiger partial charge on any atom is 0.408 e. The van der Waals surface area contributed by atoms with Crippen molar-refractivity contribution >= 4 is 23.1 Å². The minimum absolute atomic E-state index is 0.136. The van der Waals surface area contributed by atoms with E-state index in [4.69, 9.17) is 9.15 Å². The predicted molar refractivity (Wildman–Crippen MR) is 146 cm³/mol. The molecule has 0 spiro atoms. The minimum Gasteiger partial charge on any atom is -0.453 e. The zero-order valence-corrected chi connectivity index (χ0v) is 21.3. The SMILES string of the molecule is C=Cc1nccc2c(=O)c(-c3ccc(C4(NC(=O)OC(C)(C)C)CCC4)cc3)c(-c3ccccc3)oc12. The predicted octanol–water partition coefficient (Wildman–Crippen LogP) is 7.07. The fourth-order valence-corrected chi connectivity index (χ4v) is 4.81. The standard InChI is InChI=1S/C31H30N2O4/c1-5-24-28-23(16-19-32-24)26(34)25(27(36-28)21-10-7-6-8-11-21)20-12-14-22(15-13-20)31(17-9-18-31)33-29(35)37-30(2,3)4/h5-8,10-16,19H,1,9,17-18H2,2-4H3,(H,33,35). The molecule has 1 saturated carbocycles. The maximum atomic E-state index is 13.8. The quantitative estimate of drug-likeness (QED) is 0.321. The summed E-state index contributed by atoms with van der Waals surface area (Å²) in [6, 6.07) is 19.1. The highest BCUT2D eigenvalue weighted by Gasteiger charge is 2.41. The Balaban J connectivity index is 1.60. The zero-order chi connectivity index (χ0) is 26.2. The van der Waals surface area contributed by atoms with Crippen LogP contribution in [0.5, 0.6) is 0 Å². The lowest BCUT2D eigenvalue weighted by Gasteiger charge is -2.43. The summed E-state index contributed by atoms with van der Waals surface area (Å²) in [6.07, 6.45) is 5.43. The number of nitrogens with one attached hydrogen (secondary N) is 1. The van der Waals surface area contributed by atoms with E-state index in [0.717, 1.165) is 36.0 Å². The first-order chi connectivity index (χ1) is 17.7. The first-order valence-corrected chi connectivity index (χ1v) is 12.5. The van der Waals surface area contributed by atoms with Crippen LogP contribution in [-0.4, -0.2) is 16.7 Å². The summed E-state index contributed by atoms with van der Waals surface area (Å²) in [5, 5.41) is 3.54. The zero-order valence-electron chi connectivity index (χ0n) is 21.3. The minimum atomic E-state index is -0.572. The van der Waals surface area contributed by atoms with Crippen LogP contribution in [0.25, 0.3) is 39.5 Å². The first-order valence-electron chi connectivity index (χ1n) is 12.5. The number of rotatable bonds is 5. The van der Waals surface area contributed by atoms with E-state index in [0.29, 0.717) is 28.0 Å². The molecule has 1 amide bonds. The van der Waals surface area contributed by atoms with Gasteiger partial charge in [-0.1, -0.05) is 61.2 Å². The highest BCUT2D eigenvalue weighted by molar-refractivity contribution is 5.91. The van der Waals surface area contributed by atoms with Crippen LogP contribution < -0.4 is 10.7 Å². The number of carbonyl (C=O) groups is 1. The molecule has 4 aromatic rings. The number of fused-ring (bicyclic) bond motifs is 1. The Bertz CT molecular complexity index is 1530. The van der Waals surface area contributed by atoms with Crippen LogP contribution in [0.2, 0.25) is 0 Å². The normalized spacial score (nSPS) is 14.6. The van der Waals surface area contributed by atoms with Crippen LogP contribution >= 0.6 is 0 Å². The maximum absolute atomic E-state index is 13.8. The molecule has 0 unspecified atom stereocenters. The van der Waals surface area contributed by atoms with Gasteiger partial charge in [-0.2, -0.15) is 0 Å². The summed E-state index contributed by atoms with van der Waals surface area (Å²) >= 11 is 0. The Hall–Kier alpha value is -4.19. The molecule has 0 saturated heterocycles. The molecule has 0 bridgehead atoms. The average Bonchev–Trinajstić information content (AvgIpc) is 2.85. The lowest BCUT2D eigenvalue weighted by molar-refractivity contribution is 0.0377. The number of aromatic nitrogens is 1. The van der Waals surface area contributed by atoms with Gasteiger partial charge in [0.2, 0.25) is 5.43 Å². The van der Waals surface area contributed by atoms with E-state index < -0.39 is 17.2 Å². The largest absolute Gasteiger partial charge is 0.453 e. The van der Waals surface area contributed by atoms with Gasteiger partial charge in [-0.05, 0) is 63.3 Å². The van der Waals surface area contributed by atoms with E-state index in [9.17, 15) is 9.59 Å². The van der Waals surface area contributed by atoms with E-state index >= 15 is 0 Å². The average molecular weight is 495 g/mol. The fraction of sp³-hybridized carbons (Fsp3) is 0.258. The Morgan fingerprint density at radius 3 is 2.35 bits per heavy atom. The molecule has 1 fully saturated rings. The Kier molecular flexibility index (Phi) is 6.20. The Morgan fingerprint density at radius 1 is 1.05 bits per heavy atom. The number of hydrogen-bond donors (Lipinski definition) is 1. The van der Waals surface area contributed by atoms with Crippen LogP contribution in [-0.2, 0) is 10.3 Å². The molecule has 6 nitrogen and oxygen atoms in total. The molecule has 6 heteroatoms. The van der Waals surface area contributed by atoms with Crippen molar-refractivity contribution < 1.29 is 13.9 Å². The molecule has 188 valence electrons. The summed E-state index contributed by atoms with van der Waals surface area (Å²) in [5.41, 5.74) is 2.75. The van der Waals surface area contributed by atoms with Crippen molar-refractivity contribution in [3.05, 3.63) is 94.9 Å². The molecule has 2 heterocycles. The van der Waals surface area contributed by atoms with Gasteiger partial charge in [0.05, 0.1) is 16.5 Å². The molecule has 0 atom stereocenters. The third-order valence-corrected chi connectivity index (χ3v) is 6.74. The van der Waals surface area contributed by atoms with Crippen LogP contribution in [0.4, 0.5) is 4.79 Å². The van der Waals surface area contributed by atoms with E-state index in [1.54, 1.807) is 18.3 Å². The van der Waals surface area contributed by atoms with Gasteiger partial charge >= 0.3 is 6.09 Å². The molecule has 37 heavy (non-hydrogen) atoms. The van der Waals surface area contributed by atoms with Crippen LogP contribution in [0.1, 0.15) is 51.3 Å². The molecule has 1 aliphatic rings. The number of pyridine rings is 1. The van der Waals surface area contributed by atoms with Crippen molar-refractivity contribution in [1.82, 2.24) is 10.3 Å². The third kappa shape index (κ3) is 4.67. The second-order valence-electron chi connectivity index (χ2n) is 10.4. The Morgan fingerprint density at radius 2 is 1.76 bits per heavy atom. The summed E-state index contributed by atoms with van der Waals surface area (Å²) in [6.45, 7) is 9.37. The van der Waals surface area contributed by atoms with Crippen molar-refractivity contribution in [2.24, 2.45) is 0 Å². The van der Waals surface area contributed by atoms with Crippen molar-refractivity contribution in [3.63, 3.8) is 0 Å². The van der Waals surface area contributed by atoms with Gasteiger partial charge in [0.25, 0.3) is 0 Å². The van der Waals surface area contributed by atoms with Crippen molar-refractivity contribution in [3.8, 4) is 22.5 Å². The van der Waals surface area contributed by atoms with Gasteiger partial charge in [0.1, 0.15) is 17.1 Å². The number of alkyl carbamates (subject to hydrolysis) is 1. The molecule has 2 aromatic heterocycles. The van der Waals surface area contributed by atoms with Gasteiger partial charge in [0.15, 0.2) is 5.58 Å². The summed E-state index contributed by atoms with van der Waals surface area (Å²) in [7, 11) is 0. The van der Waals surface area contributed by atoms with Crippen LogP contribution in [0.3, 0.4) is 0 Å². The van der Waals surface area contributed by atoms with Gasteiger partial charge in [0, 0.05) is 11.8 Å². The summed E-state index contributed by atoms with van der Waals surface area (Å²) < 4.78 is 11.9. The van der Waals surface area contributed by atoms with E-state index in [2.05, 4.69) is 16.9 Å². The van der Waals surface area contributed by atoms with Crippen LogP contribution in [0, 0.1) is 0 Å². The number of benzene rings is 2. The van der Waals surface area contributed by atoms with Gasteiger partial charge in [-0.15, -0.1) is 0 Å². The topological polar surface area (TPSA) is 81.4 Å². The molecule has 2 aromatic carbocycles. The van der Waals surface area contributed by atoms with Gasteiger partial charge in [-0.25, -0.2) is 4.79 Å². The second-order valence-corrected chi connectivity index (χ2v) is 10.4. The highest BCUT2D eigenvalue weighted by Crippen LogP contribution is 2.42. The van der Waals surface area contributed by atoms with Crippen LogP contribution in [0.15, 0.2) is 82.7 Å². The fourth-order valence-electron chi connectivity index (χ4n) is 4.81. The number of hydrogen-bond acceptors (Lipinski definition) is 5. The molecule has 0 radical (unpaired) electrons. The van der Waals surface area contributed by atoms with Gasteiger partial charge < -0.3 is 14.5 Å². The number of ether oxygens (including phenoxy) is 1. The molecule has 1 N–H and O–H groups in total. The lowest BCUT2D eigenvalue weighted by Crippen LogP contribution is -2.52. The van der Waals surface area contributed by atoms with E-state index in [1.807, 2.05) is 75.4 Å². The highest BCUT2D eigenvalue weighted by atomic mass is 16.6.